The largest absolute Gasteiger partial charge is 0.493 e. The second kappa shape index (κ2) is 12.0. The van der Waals surface area contributed by atoms with Crippen LogP contribution in [0, 0.1) is 10.1 Å². The molecule has 0 aliphatic rings. The lowest BCUT2D eigenvalue weighted by Gasteiger charge is -2.15. The van der Waals surface area contributed by atoms with Gasteiger partial charge in [-0.15, -0.1) is 0 Å². The molecule has 1 amide bonds. The van der Waals surface area contributed by atoms with E-state index in [9.17, 15) is 14.9 Å². The van der Waals surface area contributed by atoms with E-state index >= 15 is 0 Å². The number of hydrogen-bond acceptors (Lipinski definition) is 6. The highest BCUT2D eigenvalue weighted by Gasteiger charge is 2.19. The number of methoxy groups -OCH3 is 2. The van der Waals surface area contributed by atoms with Crippen molar-refractivity contribution >= 4 is 17.8 Å². The van der Waals surface area contributed by atoms with E-state index in [0.717, 1.165) is 28.2 Å². The van der Waals surface area contributed by atoms with Crippen LogP contribution >= 0.6 is 0 Å². The second-order valence-electron chi connectivity index (χ2n) is 8.94. The van der Waals surface area contributed by atoms with Gasteiger partial charge in [-0.25, -0.2) is 5.43 Å². The number of ether oxygens (including phenoxy) is 2. The summed E-state index contributed by atoms with van der Waals surface area (Å²) in [5.41, 5.74) is 7.78. The molecule has 41 heavy (non-hydrogen) atoms. The van der Waals surface area contributed by atoms with Crippen LogP contribution in [-0.4, -0.2) is 35.8 Å². The molecule has 0 radical (unpaired) electrons. The lowest BCUT2D eigenvalue weighted by Crippen LogP contribution is -2.17. The first-order chi connectivity index (χ1) is 20.0. The van der Waals surface area contributed by atoms with Crippen molar-refractivity contribution in [2.45, 2.75) is 0 Å². The van der Waals surface area contributed by atoms with Crippen LogP contribution in [0.25, 0.3) is 28.2 Å². The van der Waals surface area contributed by atoms with Gasteiger partial charge in [-0.3, -0.25) is 14.9 Å². The van der Waals surface area contributed by atoms with Crippen molar-refractivity contribution < 1.29 is 19.2 Å². The third-order valence-corrected chi connectivity index (χ3v) is 6.51. The van der Waals surface area contributed by atoms with Gasteiger partial charge in [0.15, 0.2) is 11.5 Å². The Hall–Kier alpha value is -5.70. The summed E-state index contributed by atoms with van der Waals surface area (Å²) in [7, 11) is 2.82. The van der Waals surface area contributed by atoms with E-state index in [2.05, 4.69) is 51.5 Å². The summed E-state index contributed by atoms with van der Waals surface area (Å²) in [5.74, 6) is 0.0558. The number of nitro benzene ring substituents is 1. The fourth-order valence-electron chi connectivity index (χ4n) is 4.52. The molecule has 9 heteroatoms. The minimum Gasteiger partial charge on any atom is -0.493 e. The van der Waals surface area contributed by atoms with E-state index in [1.165, 1.54) is 32.6 Å². The minimum absolute atomic E-state index is 0.151. The summed E-state index contributed by atoms with van der Waals surface area (Å²) in [6.07, 6.45) is 1.20. The quantitative estimate of drug-likeness (QED) is 0.129. The van der Waals surface area contributed by atoms with Gasteiger partial charge in [-0.05, 0) is 53.6 Å². The molecular formula is C32H26N4O5. The fourth-order valence-corrected chi connectivity index (χ4v) is 4.52. The first-order valence-electron chi connectivity index (χ1n) is 12.7. The van der Waals surface area contributed by atoms with Crippen molar-refractivity contribution in [2.24, 2.45) is 5.10 Å². The van der Waals surface area contributed by atoms with Crippen LogP contribution < -0.4 is 14.9 Å². The van der Waals surface area contributed by atoms with Gasteiger partial charge < -0.3 is 14.0 Å². The van der Waals surface area contributed by atoms with Crippen LogP contribution in [0.4, 0.5) is 5.69 Å². The number of nitrogens with zero attached hydrogens (tertiary/aromatic N) is 3. The average molecular weight is 547 g/mol. The number of amides is 1. The summed E-state index contributed by atoms with van der Waals surface area (Å²) >= 11 is 0. The molecule has 5 rings (SSSR count). The molecule has 1 heterocycles. The van der Waals surface area contributed by atoms with Crippen LogP contribution in [0.5, 0.6) is 11.5 Å². The summed E-state index contributed by atoms with van der Waals surface area (Å²) < 4.78 is 12.5. The first kappa shape index (κ1) is 26.9. The maximum absolute atomic E-state index is 12.8. The highest BCUT2D eigenvalue weighted by molar-refractivity contribution is 5.95. The number of carbonyl (C=O) groups is 1. The van der Waals surface area contributed by atoms with E-state index < -0.39 is 10.8 Å². The maximum atomic E-state index is 12.8. The fraction of sp³-hybridized carbons (Fsp3) is 0.0625. The van der Waals surface area contributed by atoms with Crippen molar-refractivity contribution in [1.29, 1.82) is 0 Å². The topological polar surface area (TPSA) is 108 Å². The van der Waals surface area contributed by atoms with Gasteiger partial charge in [-0.1, -0.05) is 60.7 Å². The molecule has 1 N–H and O–H groups in total. The first-order valence-corrected chi connectivity index (χ1v) is 12.7. The number of carbonyl (C=O) groups excluding carboxylic acids is 1. The Morgan fingerprint density at radius 3 is 1.85 bits per heavy atom. The van der Waals surface area contributed by atoms with Crippen LogP contribution in [0.15, 0.2) is 114 Å². The predicted octanol–water partition coefficient (Wildman–Crippen LogP) is 6.50. The Morgan fingerprint density at radius 1 is 0.805 bits per heavy atom. The van der Waals surface area contributed by atoms with Crippen LogP contribution in [0.3, 0.4) is 0 Å². The van der Waals surface area contributed by atoms with Gasteiger partial charge in [0.25, 0.3) is 11.6 Å². The molecule has 204 valence electrons. The van der Waals surface area contributed by atoms with Gasteiger partial charge >= 0.3 is 0 Å². The smallest absolute Gasteiger partial charge is 0.282 e. The lowest BCUT2D eigenvalue weighted by atomic mass is 10.1. The van der Waals surface area contributed by atoms with E-state index in [1.807, 2.05) is 48.5 Å². The molecule has 0 saturated heterocycles. The molecule has 5 aromatic rings. The zero-order chi connectivity index (χ0) is 28.8. The van der Waals surface area contributed by atoms with Gasteiger partial charge in [0.1, 0.15) is 0 Å². The van der Waals surface area contributed by atoms with Crippen LogP contribution in [-0.2, 0) is 0 Å². The number of rotatable bonds is 9. The number of aromatic nitrogens is 1. The number of nitrogens with one attached hydrogen (secondary N) is 1. The zero-order valence-electron chi connectivity index (χ0n) is 22.4. The molecule has 0 bridgehead atoms. The molecule has 1 aromatic heterocycles. The highest BCUT2D eigenvalue weighted by atomic mass is 16.6. The highest BCUT2D eigenvalue weighted by Crippen LogP contribution is 2.34. The Labute approximate surface area is 236 Å². The normalized spacial score (nSPS) is 10.9. The van der Waals surface area contributed by atoms with E-state index in [4.69, 9.17) is 9.47 Å². The summed E-state index contributed by atoms with van der Waals surface area (Å²) in [5, 5.41) is 15.5. The van der Waals surface area contributed by atoms with Crippen LogP contribution in [0.2, 0.25) is 0 Å². The Kier molecular flexibility index (Phi) is 7.87. The van der Waals surface area contributed by atoms with Crippen molar-refractivity contribution in [1.82, 2.24) is 9.99 Å². The maximum Gasteiger partial charge on any atom is 0.282 e. The molecule has 0 spiro atoms. The number of benzene rings is 4. The average Bonchev–Trinajstić information content (AvgIpc) is 3.47. The number of hydrogen-bond donors (Lipinski definition) is 1. The Bertz CT molecular complexity index is 1660. The number of hydrazone groups is 1. The summed E-state index contributed by atoms with van der Waals surface area (Å²) in [4.78, 5) is 23.8. The molecule has 0 atom stereocenters. The van der Waals surface area contributed by atoms with Crippen molar-refractivity contribution in [3.8, 4) is 39.7 Å². The minimum atomic E-state index is -0.557. The standard InChI is InChI=1S/C32H26N4O5/c1-40-30-19-25(29(36(38)39)20-31(30)41-2)21-33-34-32(37)24-13-15-26(16-14-24)35-27(22-9-5-3-6-10-22)17-18-28(35)23-11-7-4-8-12-23/h3-21H,1-2H3,(H,34,37)/b33-21-. The van der Waals surface area contributed by atoms with Gasteiger partial charge in [0.2, 0.25) is 0 Å². The molecular weight excluding hydrogens is 520 g/mol. The molecule has 0 aliphatic heterocycles. The van der Waals surface area contributed by atoms with E-state index in [1.54, 1.807) is 12.1 Å². The van der Waals surface area contributed by atoms with Crippen molar-refractivity contribution in [3.63, 3.8) is 0 Å². The van der Waals surface area contributed by atoms with E-state index in [-0.39, 0.29) is 17.0 Å². The summed E-state index contributed by atoms with van der Waals surface area (Å²) in [6.45, 7) is 0. The van der Waals surface area contributed by atoms with Gasteiger partial charge in [0.05, 0.1) is 48.4 Å². The zero-order valence-corrected chi connectivity index (χ0v) is 22.4. The van der Waals surface area contributed by atoms with Crippen molar-refractivity contribution in [3.05, 3.63) is 130 Å². The number of nitro groups is 1. The van der Waals surface area contributed by atoms with Crippen LogP contribution in [0.1, 0.15) is 15.9 Å². The Morgan fingerprint density at radius 2 is 1.34 bits per heavy atom. The third-order valence-electron chi connectivity index (χ3n) is 6.51. The molecule has 0 fully saturated rings. The lowest BCUT2D eigenvalue weighted by molar-refractivity contribution is -0.385. The molecule has 0 aliphatic carbocycles. The predicted molar refractivity (Wildman–Crippen MR) is 158 cm³/mol. The third kappa shape index (κ3) is 5.69. The second-order valence-corrected chi connectivity index (χ2v) is 8.94. The van der Waals surface area contributed by atoms with Gasteiger partial charge in [0, 0.05) is 11.3 Å². The molecule has 0 saturated carbocycles. The van der Waals surface area contributed by atoms with Crippen molar-refractivity contribution in [2.75, 3.05) is 14.2 Å². The van der Waals surface area contributed by atoms with E-state index in [0.29, 0.717) is 11.3 Å². The molecule has 9 nitrogen and oxygen atoms in total. The molecule has 4 aromatic carbocycles. The summed E-state index contributed by atoms with van der Waals surface area (Å²) in [6, 6.07) is 34.2. The molecule has 0 unspecified atom stereocenters. The Balaban J connectivity index is 1.41. The van der Waals surface area contributed by atoms with Gasteiger partial charge in [-0.2, -0.15) is 5.10 Å². The SMILES string of the molecule is COc1cc(/C=N\NC(=O)c2ccc(-n3c(-c4ccccc4)ccc3-c3ccccc3)cc2)c([N+](=O)[O-])cc1OC. The monoisotopic (exact) mass is 546 g/mol.